The van der Waals surface area contributed by atoms with Crippen LogP contribution in [0.4, 0.5) is 0 Å². The van der Waals surface area contributed by atoms with Gasteiger partial charge in [-0.05, 0) is 55.9 Å². The summed E-state index contributed by atoms with van der Waals surface area (Å²) in [5.41, 5.74) is 3.70. The van der Waals surface area contributed by atoms with E-state index in [1.807, 2.05) is 11.0 Å². The lowest BCUT2D eigenvalue weighted by atomic mass is 9.90. The number of rotatable bonds is 1. The molecule has 4 heteroatoms. The van der Waals surface area contributed by atoms with Crippen molar-refractivity contribution < 1.29 is 4.79 Å². The number of piperazine rings is 1. The molecule has 1 unspecified atom stereocenters. The summed E-state index contributed by atoms with van der Waals surface area (Å²) in [6.07, 6.45) is 4.85. The molecule has 110 valence electrons. The third-order valence-corrected chi connectivity index (χ3v) is 4.25. The molecular weight excluding hydrogens is 272 g/mol. The van der Waals surface area contributed by atoms with Crippen molar-refractivity contribution in [3.05, 3.63) is 34.9 Å². The lowest BCUT2D eigenvalue weighted by Crippen LogP contribution is -2.51. The molecule has 3 nitrogen and oxygen atoms in total. The quantitative estimate of drug-likeness (QED) is 0.863. The van der Waals surface area contributed by atoms with Crippen molar-refractivity contribution in [1.29, 1.82) is 0 Å². The minimum Gasteiger partial charge on any atom is -0.336 e. The number of benzene rings is 1. The molecule has 2 aliphatic rings. The van der Waals surface area contributed by atoms with E-state index in [0.717, 1.165) is 31.6 Å². The summed E-state index contributed by atoms with van der Waals surface area (Å²) in [4.78, 5) is 14.5. The van der Waals surface area contributed by atoms with Gasteiger partial charge in [0, 0.05) is 31.2 Å². The molecule has 1 aromatic carbocycles. The molecule has 20 heavy (non-hydrogen) atoms. The topological polar surface area (TPSA) is 32.3 Å². The second kappa shape index (κ2) is 6.59. The predicted octanol–water partition coefficient (Wildman–Crippen LogP) is 2.42. The van der Waals surface area contributed by atoms with E-state index in [1.165, 1.54) is 30.4 Å². The van der Waals surface area contributed by atoms with Gasteiger partial charge < -0.3 is 10.2 Å². The van der Waals surface area contributed by atoms with Crippen LogP contribution in [0.2, 0.25) is 0 Å². The van der Waals surface area contributed by atoms with Gasteiger partial charge in [-0.2, -0.15) is 0 Å². The van der Waals surface area contributed by atoms with E-state index in [-0.39, 0.29) is 18.3 Å². The Morgan fingerprint density at radius 1 is 1.25 bits per heavy atom. The van der Waals surface area contributed by atoms with E-state index in [4.69, 9.17) is 0 Å². The average Bonchev–Trinajstić information content (AvgIpc) is 2.46. The highest BCUT2D eigenvalue weighted by Crippen LogP contribution is 2.23. The first-order valence-corrected chi connectivity index (χ1v) is 7.38. The van der Waals surface area contributed by atoms with Gasteiger partial charge in [0.1, 0.15) is 0 Å². The number of hydrogen-bond donors (Lipinski definition) is 1. The summed E-state index contributed by atoms with van der Waals surface area (Å²) in [6.45, 7) is 4.67. The number of hydrogen-bond acceptors (Lipinski definition) is 2. The van der Waals surface area contributed by atoms with Gasteiger partial charge in [-0.15, -0.1) is 12.4 Å². The van der Waals surface area contributed by atoms with Crippen molar-refractivity contribution in [2.75, 3.05) is 19.6 Å². The van der Waals surface area contributed by atoms with Gasteiger partial charge in [-0.25, -0.2) is 0 Å². The largest absolute Gasteiger partial charge is 0.336 e. The van der Waals surface area contributed by atoms with Gasteiger partial charge in [0.15, 0.2) is 0 Å². The first-order chi connectivity index (χ1) is 9.24. The van der Waals surface area contributed by atoms with Gasteiger partial charge in [-0.3, -0.25) is 4.79 Å². The molecule has 1 fully saturated rings. The van der Waals surface area contributed by atoms with Gasteiger partial charge >= 0.3 is 0 Å². The Balaban J connectivity index is 0.00000147. The van der Waals surface area contributed by atoms with E-state index in [9.17, 15) is 4.79 Å². The lowest BCUT2D eigenvalue weighted by Gasteiger charge is -2.32. The van der Waals surface area contributed by atoms with Gasteiger partial charge in [-0.1, -0.05) is 6.07 Å². The lowest BCUT2D eigenvalue weighted by molar-refractivity contribution is 0.0709. The van der Waals surface area contributed by atoms with Crippen molar-refractivity contribution in [2.24, 2.45) is 0 Å². The van der Waals surface area contributed by atoms with Crippen molar-refractivity contribution in [3.63, 3.8) is 0 Å². The minimum atomic E-state index is 0. The summed E-state index contributed by atoms with van der Waals surface area (Å²) in [6, 6.07) is 6.70. The number of fused-ring (bicyclic) bond motifs is 1. The van der Waals surface area contributed by atoms with Crippen molar-refractivity contribution >= 4 is 18.3 Å². The van der Waals surface area contributed by atoms with Crippen LogP contribution in [-0.4, -0.2) is 36.5 Å². The molecule has 0 bridgehead atoms. The number of carbonyl (C=O) groups excluding carboxylic acids is 1. The molecule has 0 radical (unpaired) electrons. The van der Waals surface area contributed by atoms with Crippen LogP contribution in [0.25, 0.3) is 0 Å². The third kappa shape index (κ3) is 3.15. The molecular formula is C16H23ClN2O. The van der Waals surface area contributed by atoms with Crippen LogP contribution in [0.3, 0.4) is 0 Å². The first kappa shape index (κ1) is 15.3. The molecule has 1 heterocycles. The zero-order chi connectivity index (χ0) is 13.2. The number of nitrogens with one attached hydrogen (secondary N) is 1. The van der Waals surface area contributed by atoms with E-state index >= 15 is 0 Å². The van der Waals surface area contributed by atoms with Crippen LogP contribution < -0.4 is 5.32 Å². The van der Waals surface area contributed by atoms with Gasteiger partial charge in [0.2, 0.25) is 0 Å². The zero-order valence-corrected chi connectivity index (χ0v) is 12.8. The normalized spacial score (nSPS) is 21.9. The standard InChI is InChI=1S/C16H22N2O.ClH/c1-12-11-18(9-8-17-12)16(19)15-7-6-13-4-2-3-5-14(13)10-15;/h6-7,10,12,17H,2-5,8-9,11H2,1H3;1H. The number of amides is 1. The minimum absolute atomic E-state index is 0. The smallest absolute Gasteiger partial charge is 0.253 e. The Kier molecular flexibility index (Phi) is 5.06. The monoisotopic (exact) mass is 294 g/mol. The molecule has 3 rings (SSSR count). The summed E-state index contributed by atoms with van der Waals surface area (Å²) in [5, 5.41) is 3.37. The number of aryl methyl sites for hydroxylation is 2. The van der Waals surface area contributed by atoms with Crippen LogP contribution in [0.15, 0.2) is 18.2 Å². The third-order valence-electron chi connectivity index (χ3n) is 4.25. The van der Waals surface area contributed by atoms with Crippen LogP contribution in [0.5, 0.6) is 0 Å². The Morgan fingerprint density at radius 3 is 2.75 bits per heavy atom. The van der Waals surface area contributed by atoms with Crippen LogP contribution >= 0.6 is 12.4 Å². The average molecular weight is 295 g/mol. The van der Waals surface area contributed by atoms with Crippen LogP contribution in [0.1, 0.15) is 41.3 Å². The summed E-state index contributed by atoms with van der Waals surface area (Å²) < 4.78 is 0. The second-order valence-electron chi connectivity index (χ2n) is 5.80. The number of halogens is 1. The van der Waals surface area contributed by atoms with Gasteiger partial charge in [0.25, 0.3) is 5.91 Å². The fourth-order valence-electron chi connectivity index (χ4n) is 3.17. The Hall–Kier alpha value is -1.06. The Bertz CT molecular complexity index is 489. The summed E-state index contributed by atoms with van der Waals surface area (Å²) in [5.74, 6) is 0.196. The predicted molar refractivity (Wildman–Crippen MR) is 83.7 cm³/mol. The molecule has 1 saturated heterocycles. The fraction of sp³-hybridized carbons (Fsp3) is 0.562. The molecule has 1 N–H and O–H groups in total. The molecule has 1 aromatic rings. The van der Waals surface area contributed by atoms with Gasteiger partial charge in [0.05, 0.1) is 0 Å². The molecule has 0 saturated carbocycles. The maximum absolute atomic E-state index is 12.5. The van der Waals surface area contributed by atoms with E-state index in [2.05, 4.69) is 24.4 Å². The first-order valence-electron chi connectivity index (χ1n) is 7.38. The maximum Gasteiger partial charge on any atom is 0.253 e. The number of carbonyl (C=O) groups is 1. The summed E-state index contributed by atoms with van der Waals surface area (Å²) >= 11 is 0. The van der Waals surface area contributed by atoms with E-state index in [0.29, 0.717) is 6.04 Å². The highest BCUT2D eigenvalue weighted by molar-refractivity contribution is 5.94. The van der Waals surface area contributed by atoms with Crippen LogP contribution in [0, 0.1) is 0 Å². The van der Waals surface area contributed by atoms with Crippen molar-refractivity contribution in [3.8, 4) is 0 Å². The second-order valence-corrected chi connectivity index (χ2v) is 5.80. The zero-order valence-electron chi connectivity index (χ0n) is 12.0. The summed E-state index contributed by atoms with van der Waals surface area (Å²) in [7, 11) is 0. The Morgan fingerprint density at radius 2 is 2.00 bits per heavy atom. The van der Waals surface area contributed by atoms with Crippen molar-refractivity contribution in [1.82, 2.24) is 10.2 Å². The van der Waals surface area contributed by atoms with Crippen LogP contribution in [-0.2, 0) is 12.8 Å². The molecule has 1 aliphatic carbocycles. The number of nitrogens with zero attached hydrogens (tertiary/aromatic N) is 1. The maximum atomic E-state index is 12.5. The molecule has 1 aliphatic heterocycles. The molecule has 1 atom stereocenters. The van der Waals surface area contributed by atoms with E-state index in [1.54, 1.807) is 0 Å². The highest BCUT2D eigenvalue weighted by atomic mass is 35.5. The SMILES string of the molecule is CC1CN(C(=O)c2ccc3c(c2)CCCC3)CCN1.Cl. The van der Waals surface area contributed by atoms with E-state index < -0.39 is 0 Å². The molecule has 1 amide bonds. The van der Waals surface area contributed by atoms with Crippen molar-refractivity contribution in [2.45, 2.75) is 38.6 Å². The molecule has 0 aromatic heterocycles. The Labute approximate surface area is 127 Å². The highest BCUT2D eigenvalue weighted by Gasteiger charge is 2.22. The molecule has 0 spiro atoms. The fourth-order valence-corrected chi connectivity index (χ4v) is 3.17.